The molecule has 0 N–H and O–H groups in total. The molecule has 2 fully saturated rings. The van der Waals surface area contributed by atoms with E-state index in [4.69, 9.17) is 5.26 Å². The van der Waals surface area contributed by atoms with Crippen LogP contribution in [0.25, 0.3) is 0 Å². The summed E-state index contributed by atoms with van der Waals surface area (Å²) in [5.41, 5.74) is 1.01. The zero-order valence-corrected chi connectivity index (χ0v) is 10.9. The number of piperazine rings is 1. The molecular weight excluding hydrogens is 238 g/mol. The van der Waals surface area contributed by atoms with E-state index in [1.165, 1.54) is 19.4 Å². The van der Waals surface area contributed by atoms with Crippen LogP contribution in [-0.2, 0) is 0 Å². The molecule has 4 heteroatoms. The second-order valence-corrected chi connectivity index (χ2v) is 5.24. The van der Waals surface area contributed by atoms with Crippen molar-refractivity contribution < 1.29 is 4.79 Å². The second kappa shape index (κ2) is 5.02. The molecule has 1 aromatic carbocycles. The highest BCUT2D eigenvalue weighted by atomic mass is 16.2. The number of hydrogen-bond acceptors (Lipinski definition) is 3. The molecule has 3 rings (SSSR count). The maximum Gasteiger partial charge on any atom is 0.255 e. The van der Waals surface area contributed by atoms with Crippen LogP contribution in [0.5, 0.6) is 0 Å². The molecule has 1 aromatic rings. The van der Waals surface area contributed by atoms with Crippen LogP contribution in [0, 0.1) is 11.3 Å². The van der Waals surface area contributed by atoms with Crippen LogP contribution < -0.4 is 0 Å². The van der Waals surface area contributed by atoms with E-state index in [0.29, 0.717) is 17.2 Å². The molecule has 0 radical (unpaired) electrons. The van der Waals surface area contributed by atoms with Crippen molar-refractivity contribution in [1.82, 2.24) is 9.80 Å². The van der Waals surface area contributed by atoms with Gasteiger partial charge in [0.15, 0.2) is 0 Å². The van der Waals surface area contributed by atoms with Crippen LogP contribution in [0.3, 0.4) is 0 Å². The SMILES string of the molecule is N#Cc1ccccc1C(=O)N1CCN2CCC[C@H]2C1. The van der Waals surface area contributed by atoms with Crippen molar-refractivity contribution >= 4 is 5.91 Å². The lowest BCUT2D eigenvalue weighted by molar-refractivity contribution is 0.0571. The Morgan fingerprint density at radius 2 is 2.11 bits per heavy atom. The summed E-state index contributed by atoms with van der Waals surface area (Å²) in [6, 6.07) is 9.70. The molecule has 0 unspecified atom stereocenters. The summed E-state index contributed by atoms with van der Waals surface area (Å²) in [5, 5.41) is 9.09. The lowest BCUT2D eigenvalue weighted by Gasteiger charge is -2.37. The molecule has 2 aliphatic heterocycles. The standard InChI is InChI=1S/C15H17N3O/c16-10-12-4-1-2-6-14(12)15(19)18-9-8-17-7-3-5-13(17)11-18/h1-2,4,6,13H,3,5,7-9,11H2/t13-/m0/s1. The van der Waals surface area contributed by atoms with E-state index in [2.05, 4.69) is 11.0 Å². The van der Waals surface area contributed by atoms with Crippen molar-refractivity contribution in [3.8, 4) is 6.07 Å². The zero-order valence-electron chi connectivity index (χ0n) is 10.9. The molecule has 2 heterocycles. The van der Waals surface area contributed by atoms with Crippen molar-refractivity contribution in [2.45, 2.75) is 18.9 Å². The van der Waals surface area contributed by atoms with E-state index >= 15 is 0 Å². The first-order valence-electron chi connectivity index (χ1n) is 6.82. The number of carbonyl (C=O) groups is 1. The smallest absolute Gasteiger partial charge is 0.255 e. The maximum atomic E-state index is 12.5. The van der Waals surface area contributed by atoms with Gasteiger partial charge in [-0.15, -0.1) is 0 Å². The first-order valence-corrected chi connectivity index (χ1v) is 6.82. The van der Waals surface area contributed by atoms with E-state index in [1.807, 2.05) is 11.0 Å². The van der Waals surface area contributed by atoms with Gasteiger partial charge in [0.1, 0.15) is 0 Å². The van der Waals surface area contributed by atoms with Gasteiger partial charge in [-0.25, -0.2) is 0 Å². The van der Waals surface area contributed by atoms with Gasteiger partial charge >= 0.3 is 0 Å². The highest BCUT2D eigenvalue weighted by Gasteiger charge is 2.33. The molecule has 98 valence electrons. The third-order valence-electron chi connectivity index (χ3n) is 4.15. The molecule has 1 amide bonds. The largest absolute Gasteiger partial charge is 0.336 e. The molecule has 4 nitrogen and oxygen atoms in total. The molecule has 1 atom stereocenters. The Labute approximate surface area is 113 Å². The van der Waals surface area contributed by atoms with Crippen LogP contribution >= 0.6 is 0 Å². The first kappa shape index (κ1) is 12.2. The summed E-state index contributed by atoms with van der Waals surface area (Å²) >= 11 is 0. The number of nitrogens with zero attached hydrogens (tertiary/aromatic N) is 3. The lowest BCUT2D eigenvalue weighted by atomic mass is 10.1. The van der Waals surface area contributed by atoms with E-state index in [9.17, 15) is 4.79 Å². The van der Waals surface area contributed by atoms with Gasteiger partial charge in [0.2, 0.25) is 0 Å². The summed E-state index contributed by atoms with van der Waals surface area (Å²) in [6.07, 6.45) is 2.42. The van der Waals surface area contributed by atoms with Crippen molar-refractivity contribution in [1.29, 1.82) is 5.26 Å². The molecule has 2 saturated heterocycles. The van der Waals surface area contributed by atoms with Gasteiger partial charge in [0, 0.05) is 25.7 Å². The van der Waals surface area contributed by atoms with Gasteiger partial charge in [-0.3, -0.25) is 9.69 Å². The van der Waals surface area contributed by atoms with Crippen LogP contribution in [0.2, 0.25) is 0 Å². The normalized spacial score (nSPS) is 22.9. The molecule has 0 aromatic heterocycles. The Bertz CT molecular complexity index is 534. The van der Waals surface area contributed by atoms with Gasteiger partial charge in [-0.05, 0) is 31.5 Å². The highest BCUT2D eigenvalue weighted by molar-refractivity contribution is 5.96. The van der Waals surface area contributed by atoms with Gasteiger partial charge in [0.05, 0.1) is 17.2 Å². The zero-order chi connectivity index (χ0) is 13.2. The summed E-state index contributed by atoms with van der Waals surface area (Å²) in [6.45, 7) is 3.71. The Balaban J connectivity index is 1.79. The Morgan fingerprint density at radius 3 is 2.95 bits per heavy atom. The molecule has 0 bridgehead atoms. The monoisotopic (exact) mass is 255 g/mol. The molecule has 0 spiro atoms. The molecule has 0 aliphatic carbocycles. The van der Waals surface area contributed by atoms with Crippen molar-refractivity contribution in [2.24, 2.45) is 0 Å². The number of hydrogen-bond donors (Lipinski definition) is 0. The minimum atomic E-state index is 0.00343. The Kier molecular flexibility index (Phi) is 3.22. The quantitative estimate of drug-likeness (QED) is 0.763. The molecular formula is C15H17N3O. The number of benzene rings is 1. The van der Waals surface area contributed by atoms with E-state index in [1.54, 1.807) is 18.2 Å². The van der Waals surface area contributed by atoms with Crippen molar-refractivity contribution in [2.75, 3.05) is 26.2 Å². The molecule has 19 heavy (non-hydrogen) atoms. The second-order valence-electron chi connectivity index (χ2n) is 5.24. The maximum absolute atomic E-state index is 12.5. The van der Waals surface area contributed by atoms with Crippen molar-refractivity contribution in [3.63, 3.8) is 0 Å². The van der Waals surface area contributed by atoms with Crippen molar-refractivity contribution in [3.05, 3.63) is 35.4 Å². The number of fused-ring (bicyclic) bond motifs is 1. The average molecular weight is 255 g/mol. The predicted molar refractivity (Wildman–Crippen MR) is 71.7 cm³/mol. The third kappa shape index (κ3) is 2.22. The van der Waals surface area contributed by atoms with Crippen LogP contribution in [0.4, 0.5) is 0 Å². The van der Waals surface area contributed by atoms with Gasteiger partial charge in [-0.1, -0.05) is 12.1 Å². The number of amides is 1. The van der Waals surface area contributed by atoms with Crippen LogP contribution in [0.1, 0.15) is 28.8 Å². The first-order chi connectivity index (χ1) is 9.29. The fourth-order valence-corrected chi connectivity index (χ4v) is 3.11. The third-order valence-corrected chi connectivity index (χ3v) is 4.15. The fraction of sp³-hybridized carbons (Fsp3) is 0.467. The average Bonchev–Trinajstić information content (AvgIpc) is 2.93. The summed E-state index contributed by atoms with van der Waals surface area (Å²) in [4.78, 5) is 16.9. The van der Waals surface area contributed by atoms with E-state index in [-0.39, 0.29) is 5.91 Å². The van der Waals surface area contributed by atoms with E-state index in [0.717, 1.165) is 19.6 Å². The Morgan fingerprint density at radius 1 is 1.26 bits per heavy atom. The summed E-state index contributed by atoms with van der Waals surface area (Å²) in [7, 11) is 0. The number of rotatable bonds is 1. The summed E-state index contributed by atoms with van der Waals surface area (Å²) in [5.74, 6) is 0.00343. The predicted octanol–water partition coefficient (Wildman–Crippen LogP) is 1.48. The lowest BCUT2D eigenvalue weighted by Crippen LogP contribution is -2.52. The van der Waals surface area contributed by atoms with Crippen LogP contribution in [0.15, 0.2) is 24.3 Å². The van der Waals surface area contributed by atoms with Gasteiger partial charge in [-0.2, -0.15) is 5.26 Å². The highest BCUT2D eigenvalue weighted by Crippen LogP contribution is 2.23. The number of nitriles is 1. The summed E-state index contributed by atoms with van der Waals surface area (Å²) < 4.78 is 0. The van der Waals surface area contributed by atoms with Gasteiger partial charge in [0.25, 0.3) is 5.91 Å². The Hall–Kier alpha value is -1.86. The minimum Gasteiger partial charge on any atom is -0.336 e. The molecule has 2 aliphatic rings. The number of carbonyl (C=O) groups excluding carboxylic acids is 1. The fourth-order valence-electron chi connectivity index (χ4n) is 3.11. The minimum absolute atomic E-state index is 0.00343. The van der Waals surface area contributed by atoms with E-state index < -0.39 is 0 Å². The topological polar surface area (TPSA) is 47.3 Å². The van der Waals surface area contributed by atoms with Crippen LogP contribution in [-0.4, -0.2) is 47.9 Å². The van der Waals surface area contributed by atoms with Gasteiger partial charge < -0.3 is 4.90 Å². The molecule has 0 saturated carbocycles.